The van der Waals surface area contributed by atoms with Crippen LogP contribution in [0.1, 0.15) is 28.0 Å². The van der Waals surface area contributed by atoms with Crippen LogP contribution in [0.5, 0.6) is 0 Å². The van der Waals surface area contributed by atoms with E-state index in [-0.39, 0.29) is 17.4 Å². The number of hydrogen-bond donors (Lipinski definition) is 0. The van der Waals surface area contributed by atoms with Gasteiger partial charge in [-0.1, -0.05) is 18.2 Å². The maximum atomic E-state index is 12.5. The fraction of sp³-hybridized carbons (Fsp3) is 0.421. The summed E-state index contributed by atoms with van der Waals surface area (Å²) in [5, 5.41) is 4.53. The molecular formula is C19H21N3O3. The number of rotatable bonds is 3. The number of benzene rings is 1. The zero-order valence-electron chi connectivity index (χ0n) is 14.1. The number of carbonyl (C=O) groups is 1. The highest BCUT2D eigenvalue weighted by Gasteiger charge is 2.28. The predicted octanol–water partition coefficient (Wildman–Crippen LogP) is 1.48. The van der Waals surface area contributed by atoms with E-state index >= 15 is 0 Å². The first-order valence-corrected chi connectivity index (χ1v) is 8.72. The van der Waals surface area contributed by atoms with E-state index < -0.39 is 0 Å². The molecule has 25 heavy (non-hydrogen) atoms. The summed E-state index contributed by atoms with van der Waals surface area (Å²) in [6, 6.07) is 11.0. The minimum atomic E-state index is -0.0860. The number of hydrogen-bond acceptors (Lipinski definition) is 4. The Kier molecular flexibility index (Phi) is 4.36. The van der Waals surface area contributed by atoms with Gasteiger partial charge in [0.1, 0.15) is 0 Å². The van der Waals surface area contributed by atoms with Crippen LogP contribution in [-0.2, 0) is 24.3 Å². The molecule has 1 unspecified atom stereocenters. The van der Waals surface area contributed by atoms with Crippen LogP contribution >= 0.6 is 0 Å². The summed E-state index contributed by atoms with van der Waals surface area (Å²) >= 11 is 0. The summed E-state index contributed by atoms with van der Waals surface area (Å²) in [7, 11) is 0. The van der Waals surface area contributed by atoms with E-state index in [2.05, 4.69) is 5.10 Å². The van der Waals surface area contributed by atoms with Crippen molar-refractivity contribution < 1.29 is 9.53 Å². The van der Waals surface area contributed by atoms with Gasteiger partial charge in [0.2, 0.25) is 0 Å². The summed E-state index contributed by atoms with van der Waals surface area (Å²) in [6.07, 6.45) is 1.64. The van der Waals surface area contributed by atoms with Gasteiger partial charge in [-0.3, -0.25) is 9.59 Å². The zero-order chi connectivity index (χ0) is 17.2. The molecule has 1 atom stereocenters. The fourth-order valence-electron chi connectivity index (χ4n) is 3.56. The maximum Gasteiger partial charge on any atom is 0.267 e. The molecule has 0 saturated carbocycles. The molecule has 130 valence electrons. The molecular weight excluding hydrogens is 318 g/mol. The number of likely N-dealkylation sites (tertiary alicyclic amines) is 1. The second-order valence-electron chi connectivity index (χ2n) is 6.71. The first kappa shape index (κ1) is 16.0. The zero-order valence-corrected chi connectivity index (χ0v) is 14.1. The highest BCUT2D eigenvalue weighted by atomic mass is 16.5. The van der Waals surface area contributed by atoms with Crippen LogP contribution < -0.4 is 5.56 Å². The van der Waals surface area contributed by atoms with E-state index in [0.29, 0.717) is 31.9 Å². The molecule has 2 aromatic rings. The number of nitrogens with zero attached hydrogens (tertiary/aromatic N) is 3. The minimum absolute atomic E-state index is 0.0611. The van der Waals surface area contributed by atoms with Crippen LogP contribution in [-0.4, -0.2) is 40.3 Å². The van der Waals surface area contributed by atoms with Crippen LogP contribution in [0.4, 0.5) is 0 Å². The molecule has 2 aliphatic rings. The van der Waals surface area contributed by atoms with Crippen LogP contribution in [0.25, 0.3) is 0 Å². The Morgan fingerprint density at radius 2 is 2.12 bits per heavy atom. The Morgan fingerprint density at radius 1 is 1.28 bits per heavy atom. The number of ether oxygens (including phenoxy) is 1. The molecule has 1 fully saturated rings. The molecule has 0 bridgehead atoms. The molecule has 0 radical (unpaired) electrons. The lowest BCUT2D eigenvalue weighted by atomic mass is 10.1. The van der Waals surface area contributed by atoms with Gasteiger partial charge in [0.25, 0.3) is 11.5 Å². The van der Waals surface area contributed by atoms with Crippen molar-refractivity contribution in [2.75, 3.05) is 19.7 Å². The van der Waals surface area contributed by atoms with E-state index in [1.807, 2.05) is 35.2 Å². The lowest BCUT2D eigenvalue weighted by molar-refractivity contribution is 0.0785. The molecule has 0 aliphatic carbocycles. The number of carbonyl (C=O) groups excluding carboxylic acids is 1. The Bertz CT molecular complexity index is 832. The summed E-state index contributed by atoms with van der Waals surface area (Å²) in [6.45, 7) is 3.09. The Labute approximate surface area is 146 Å². The van der Waals surface area contributed by atoms with Crippen molar-refractivity contribution in [2.24, 2.45) is 5.92 Å². The largest absolute Gasteiger partial charge is 0.376 e. The van der Waals surface area contributed by atoms with Gasteiger partial charge >= 0.3 is 0 Å². The average Bonchev–Trinajstić information content (AvgIpc) is 3.11. The highest BCUT2D eigenvalue weighted by molar-refractivity contribution is 5.94. The normalized spacial score (nSPS) is 19.7. The van der Waals surface area contributed by atoms with Gasteiger partial charge < -0.3 is 9.64 Å². The number of amides is 1. The fourth-order valence-corrected chi connectivity index (χ4v) is 3.56. The van der Waals surface area contributed by atoms with Gasteiger partial charge in [-0.05, 0) is 24.5 Å². The van der Waals surface area contributed by atoms with Gasteiger partial charge in [0, 0.05) is 43.2 Å². The van der Waals surface area contributed by atoms with Crippen molar-refractivity contribution >= 4 is 5.91 Å². The van der Waals surface area contributed by atoms with Crippen LogP contribution in [0, 0.1) is 5.92 Å². The first-order chi connectivity index (χ1) is 12.2. The summed E-state index contributed by atoms with van der Waals surface area (Å²) in [5.41, 5.74) is 2.49. The molecule has 0 N–H and O–H groups in total. The minimum Gasteiger partial charge on any atom is -0.376 e. The highest BCUT2D eigenvalue weighted by Crippen LogP contribution is 2.20. The van der Waals surface area contributed by atoms with E-state index in [4.69, 9.17) is 4.74 Å². The van der Waals surface area contributed by atoms with Crippen LogP contribution in [0.2, 0.25) is 0 Å². The van der Waals surface area contributed by atoms with Gasteiger partial charge in [0.15, 0.2) is 0 Å². The second kappa shape index (κ2) is 6.80. The maximum absolute atomic E-state index is 12.5. The molecule has 3 heterocycles. The topological polar surface area (TPSA) is 64.4 Å². The van der Waals surface area contributed by atoms with Crippen molar-refractivity contribution in [3.63, 3.8) is 0 Å². The smallest absolute Gasteiger partial charge is 0.267 e. The van der Waals surface area contributed by atoms with Crippen molar-refractivity contribution in [3.8, 4) is 0 Å². The van der Waals surface area contributed by atoms with Crippen molar-refractivity contribution in [1.29, 1.82) is 0 Å². The summed E-state index contributed by atoms with van der Waals surface area (Å²) < 4.78 is 6.94. The molecule has 6 heteroatoms. The lowest BCUT2D eigenvalue weighted by Crippen LogP contribution is -2.32. The predicted molar refractivity (Wildman–Crippen MR) is 92.3 cm³/mol. The van der Waals surface area contributed by atoms with Gasteiger partial charge in [-0.25, -0.2) is 4.68 Å². The quantitative estimate of drug-likeness (QED) is 0.850. The third kappa shape index (κ3) is 3.35. The van der Waals surface area contributed by atoms with E-state index in [0.717, 1.165) is 30.6 Å². The van der Waals surface area contributed by atoms with Crippen LogP contribution in [0.15, 0.2) is 41.2 Å². The first-order valence-electron chi connectivity index (χ1n) is 8.72. The number of aromatic nitrogens is 2. The summed E-state index contributed by atoms with van der Waals surface area (Å²) in [5.74, 6) is 0.321. The van der Waals surface area contributed by atoms with Crippen molar-refractivity contribution in [3.05, 3.63) is 63.6 Å². The number of fused-ring (bicyclic) bond motifs is 1. The van der Waals surface area contributed by atoms with Gasteiger partial charge in [-0.15, -0.1) is 0 Å². The van der Waals surface area contributed by atoms with Crippen molar-refractivity contribution in [1.82, 2.24) is 14.7 Å². The van der Waals surface area contributed by atoms with E-state index in [1.165, 1.54) is 0 Å². The molecule has 6 nitrogen and oxygen atoms in total. The third-order valence-electron chi connectivity index (χ3n) is 4.93. The van der Waals surface area contributed by atoms with Crippen LogP contribution in [0.3, 0.4) is 0 Å². The Balaban J connectivity index is 1.45. The van der Waals surface area contributed by atoms with Gasteiger partial charge in [-0.2, -0.15) is 5.10 Å². The third-order valence-corrected chi connectivity index (χ3v) is 4.93. The van der Waals surface area contributed by atoms with Gasteiger partial charge in [0.05, 0.1) is 18.9 Å². The molecule has 1 amide bonds. The second-order valence-corrected chi connectivity index (χ2v) is 6.71. The van der Waals surface area contributed by atoms with E-state index in [9.17, 15) is 9.59 Å². The Morgan fingerprint density at radius 3 is 2.96 bits per heavy atom. The SMILES string of the molecule is O=C(c1ccccc1)N1CCC(Cn2nc3c(cc2=O)COCC3)C1. The molecule has 0 spiro atoms. The molecule has 1 aromatic heterocycles. The molecule has 2 aliphatic heterocycles. The van der Waals surface area contributed by atoms with E-state index in [1.54, 1.807) is 10.7 Å². The monoisotopic (exact) mass is 339 g/mol. The molecule has 4 rings (SSSR count). The standard InChI is InChI=1S/C19H21N3O3/c23-18-10-16-13-25-9-7-17(16)20-22(18)12-14-6-8-21(11-14)19(24)15-4-2-1-3-5-15/h1-5,10,14H,6-9,11-13H2. The lowest BCUT2D eigenvalue weighted by Gasteiger charge is -2.19. The molecule has 1 aromatic carbocycles. The molecule has 1 saturated heterocycles. The summed E-state index contributed by atoms with van der Waals surface area (Å²) in [4.78, 5) is 26.7. The van der Waals surface area contributed by atoms with Crippen molar-refractivity contribution in [2.45, 2.75) is 26.0 Å². The Hall–Kier alpha value is -2.47. The average molecular weight is 339 g/mol.